The summed E-state index contributed by atoms with van der Waals surface area (Å²) in [7, 11) is 0. The Morgan fingerprint density at radius 1 is 1.09 bits per heavy atom. The summed E-state index contributed by atoms with van der Waals surface area (Å²) in [5, 5.41) is 14.3. The lowest BCUT2D eigenvalue weighted by molar-refractivity contribution is -0.169. The molecule has 230 valence electrons. The number of rotatable bonds is 8. The maximum Gasteiger partial charge on any atom is 0.249 e. The molecule has 0 saturated carbocycles. The second-order valence-corrected chi connectivity index (χ2v) is 11.5. The van der Waals surface area contributed by atoms with Crippen molar-refractivity contribution in [1.82, 2.24) is 44.7 Å². The van der Waals surface area contributed by atoms with Crippen LogP contribution in [0.1, 0.15) is 56.1 Å². The van der Waals surface area contributed by atoms with E-state index in [4.69, 9.17) is 4.98 Å². The second kappa shape index (κ2) is 11.7. The lowest BCUT2D eigenvalue weighted by Gasteiger charge is -2.53. The molecule has 2 amide bonds. The number of aryl methyl sites for hydroxylation is 2. The molecular formula is C30H36FN11O2. The van der Waals surface area contributed by atoms with Crippen LogP contribution in [0.5, 0.6) is 0 Å². The molecule has 14 heteroatoms. The van der Waals surface area contributed by atoms with Gasteiger partial charge < -0.3 is 20.0 Å². The number of piperazine rings is 1. The number of halogens is 1. The van der Waals surface area contributed by atoms with Crippen LogP contribution in [0.25, 0.3) is 5.82 Å². The van der Waals surface area contributed by atoms with Crippen LogP contribution in [0.2, 0.25) is 0 Å². The molecule has 1 spiro atoms. The molecule has 0 radical (unpaired) electrons. The summed E-state index contributed by atoms with van der Waals surface area (Å²) < 4.78 is 14.8. The smallest absolute Gasteiger partial charge is 0.249 e. The average molecular weight is 602 g/mol. The molecule has 2 fully saturated rings. The number of pyridine rings is 1. The first kappa shape index (κ1) is 29.2. The molecule has 2 N–H and O–H groups in total. The van der Waals surface area contributed by atoms with Crippen molar-refractivity contribution in [3.8, 4) is 5.82 Å². The summed E-state index contributed by atoms with van der Waals surface area (Å²) >= 11 is 0. The largest absolute Gasteiger partial charge is 0.341 e. The number of anilines is 3. The molecule has 13 nitrogen and oxygen atoms in total. The normalized spacial score (nSPS) is 17.4. The molecule has 0 aliphatic carbocycles. The fourth-order valence-corrected chi connectivity index (χ4v) is 6.12. The first-order valence-electron chi connectivity index (χ1n) is 14.8. The predicted octanol–water partition coefficient (Wildman–Crippen LogP) is 3.46. The zero-order valence-electron chi connectivity index (χ0n) is 25.3. The minimum atomic E-state index is -0.951. The number of piperidine rings is 1. The fraction of sp³-hybridized carbons (Fsp3) is 0.433. The molecule has 4 aromatic heterocycles. The van der Waals surface area contributed by atoms with Gasteiger partial charge in [0.05, 0.1) is 18.4 Å². The second-order valence-electron chi connectivity index (χ2n) is 11.5. The average Bonchev–Trinajstić information content (AvgIpc) is 3.64. The van der Waals surface area contributed by atoms with Crippen LogP contribution in [0.3, 0.4) is 0 Å². The molecule has 0 unspecified atom stereocenters. The minimum absolute atomic E-state index is 0.000266. The highest BCUT2D eigenvalue weighted by Crippen LogP contribution is 2.38. The van der Waals surface area contributed by atoms with Crippen LogP contribution in [0.4, 0.5) is 22.0 Å². The summed E-state index contributed by atoms with van der Waals surface area (Å²) in [5.41, 5.74) is 1.57. The molecule has 6 heterocycles. The molecule has 2 aliphatic rings. The van der Waals surface area contributed by atoms with Gasteiger partial charge in [-0.15, -0.1) is 0 Å². The van der Waals surface area contributed by atoms with Gasteiger partial charge in [-0.1, -0.05) is 13.0 Å². The monoisotopic (exact) mass is 601 g/mol. The molecule has 44 heavy (non-hydrogen) atoms. The van der Waals surface area contributed by atoms with Gasteiger partial charge in [0.15, 0.2) is 17.5 Å². The Kier molecular flexibility index (Phi) is 7.74. The number of hydrogen-bond donors (Lipinski definition) is 2. The predicted molar refractivity (Wildman–Crippen MR) is 161 cm³/mol. The quantitative estimate of drug-likeness (QED) is 0.311. The summed E-state index contributed by atoms with van der Waals surface area (Å²) in [4.78, 5) is 47.4. The Bertz CT molecular complexity index is 1660. The van der Waals surface area contributed by atoms with Gasteiger partial charge in [0, 0.05) is 49.4 Å². The first-order valence-corrected chi connectivity index (χ1v) is 14.8. The van der Waals surface area contributed by atoms with E-state index in [9.17, 15) is 14.0 Å². The van der Waals surface area contributed by atoms with Crippen molar-refractivity contribution < 1.29 is 14.0 Å². The first-order chi connectivity index (χ1) is 21.2. The molecule has 0 bridgehead atoms. The van der Waals surface area contributed by atoms with Gasteiger partial charge in [-0.3, -0.25) is 14.7 Å². The Morgan fingerprint density at radius 3 is 2.52 bits per heavy atom. The van der Waals surface area contributed by atoms with Gasteiger partial charge in [0.2, 0.25) is 17.8 Å². The van der Waals surface area contributed by atoms with E-state index in [-0.39, 0.29) is 24.4 Å². The van der Waals surface area contributed by atoms with Crippen LogP contribution in [-0.4, -0.2) is 88.3 Å². The van der Waals surface area contributed by atoms with Crippen molar-refractivity contribution in [3.63, 3.8) is 0 Å². The lowest BCUT2D eigenvalue weighted by Crippen LogP contribution is -2.71. The van der Waals surface area contributed by atoms with Crippen molar-refractivity contribution in [2.24, 2.45) is 0 Å². The molecule has 2 saturated heterocycles. The van der Waals surface area contributed by atoms with Crippen LogP contribution < -0.4 is 10.2 Å². The van der Waals surface area contributed by atoms with Crippen molar-refractivity contribution in [1.29, 1.82) is 0 Å². The third kappa shape index (κ3) is 5.47. The van der Waals surface area contributed by atoms with Gasteiger partial charge in [-0.25, -0.2) is 19.0 Å². The van der Waals surface area contributed by atoms with E-state index < -0.39 is 11.4 Å². The zero-order chi connectivity index (χ0) is 31.0. The Morgan fingerprint density at radius 2 is 1.89 bits per heavy atom. The summed E-state index contributed by atoms with van der Waals surface area (Å²) in [6, 6.07) is 6.93. The highest BCUT2D eigenvalue weighted by atomic mass is 19.1. The Labute approximate surface area is 254 Å². The van der Waals surface area contributed by atoms with E-state index >= 15 is 0 Å². The number of aromatic nitrogens is 7. The standard InChI is InChI=1S/C30H36FN11O2/c1-5-10-41-27(43)18-40(21(4)22-6-7-26(32-15-22)42-17-23(31)16-33-42)28(44)30(41)8-11-39(12-9-30)29-34-19(2)13-24(36-29)35-25-14-20(3)37-38-25/h6-7,13-17,21H,5,8-12,18H2,1-4H3,(H2,34,35,36,37,38)/t21-/m0/s1. The number of nitrogens with one attached hydrogen (secondary N) is 2. The minimum Gasteiger partial charge on any atom is -0.341 e. The van der Waals surface area contributed by atoms with E-state index in [1.54, 1.807) is 22.1 Å². The molecule has 4 aromatic rings. The molecule has 6 rings (SSSR count). The topological polar surface area (TPSA) is 141 Å². The van der Waals surface area contributed by atoms with E-state index in [1.165, 1.54) is 10.9 Å². The summed E-state index contributed by atoms with van der Waals surface area (Å²) in [6.07, 6.45) is 5.68. The van der Waals surface area contributed by atoms with Crippen LogP contribution in [0.15, 0.2) is 42.9 Å². The van der Waals surface area contributed by atoms with Gasteiger partial charge in [-0.05, 0) is 51.7 Å². The number of amides is 2. The van der Waals surface area contributed by atoms with Crippen LogP contribution >= 0.6 is 0 Å². The third-order valence-corrected chi connectivity index (χ3v) is 8.41. The summed E-state index contributed by atoms with van der Waals surface area (Å²) in [6.45, 7) is 9.32. The van der Waals surface area contributed by atoms with E-state index in [1.807, 2.05) is 45.9 Å². The maximum atomic E-state index is 14.4. The Balaban J connectivity index is 1.21. The molecule has 0 aromatic carbocycles. The Hall–Kier alpha value is -4.88. The summed E-state index contributed by atoms with van der Waals surface area (Å²) in [5.74, 6) is 1.76. The number of carbonyl (C=O) groups is 2. The number of H-pyrrole nitrogens is 1. The SMILES string of the molecule is CCCN1C(=O)CN([C@@H](C)c2ccc(-n3cc(F)cn3)nc2)C(=O)C12CCN(c1nc(C)cc(Nc3cc(C)[nH]n3)n1)CC2. The maximum absolute atomic E-state index is 14.4. The van der Waals surface area contributed by atoms with Gasteiger partial charge in [0.1, 0.15) is 17.9 Å². The van der Waals surface area contributed by atoms with Gasteiger partial charge >= 0.3 is 0 Å². The number of carbonyl (C=O) groups excluding carboxylic acids is 2. The highest BCUT2D eigenvalue weighted by Gasteiger charge is 2.54. The van der Waals surface area contributed by atoms with E-state index in [0.29, 0.717) is 55.9 Å². The third-order valence-electron chi connectivity index (χ3n) is 8.41. The van der Waals surface area contributed by atoms with Crippen molar-refractivity contribution in [3.05, 3.63) is 65.6 Å². The van der Waals surface area contributed by atoms with Gasteiger partial charge in [0.25, 0.3) is 0 Å². The highest BCUT2D eigenvalue weighted by molar-refractivity contribution is 5.98. The molecule has 2 aliphatic heterocycles. The van der Waals surface area contributed by atoms with Gasteiger partial charge in [-0.2, -0.15) is 15.2 Å². The van der Waals surface area contributed by atoms with Crippen molar-refractivity contribution in [2.75, 3.05) is 36.4 Å². The molecule has 1 atom stereocenters. The zero-order valence-corrected chi connectivity index (χ0v) is 25.3. The van der Waals surface area contributed by atoms with E-state index in [2.05, 4.69) is 35.5 Å². The van der Waals surface area contributed by atoms with Crippen LogP contribution in [0, 0.1) is 19.7 Å². The van der Waals surface area contributed by atoms with Crippen molar-refractivity contribution in [2.45, 2.75) is 58.5 Å². The lowest BCUT2D eigenvalue weighted by atomic mass is 9.81. The number of nitrogens with zero attached hydrogens (tertiary/aromatic N) is 9. The number of hydrogen-bond acceptors (Lipinski definition) is 9. The van der Waals surface area contributed by atoms with Crippen LogP contribution in [-0.2, 0) is 9.59 Å². The van der Waals surface area contributed by atoms with E-state index in [0.717, 1.165) is 29.6 Å². The fourth-order valence-electron chi connectivity index (χ4n) is 6.12. The van der Waals surface area contributed by atoms with Crippen molar-refractivity contribution >= 4 is 29.4 Å². The molecular weight excluding hydrogens is 565 g/mol. The number of aromatic amines is 1.